The molecule has 0 saturated carbocycles. The number of nitrogens with zero attached hydrogens (tertiary/aromatic N) is 1. The summed E-state index contributed by atoms with van der Waals surface area (Å²) in [5.41, 5.74) is 0.818. The summed E-state index contributed by atoms with van der Waals surface area (Å²) >= 11 is 0. The third-order valence-corrected chi connectivity index (χ3v) is 2.69. The monoisotopic (exact) mass is 262 g/mol. The highest BCUT2D eigenvalue weighted by atomic mass is 19.1. The van der Waals surface area contributed by atoms with Gasteiger partial charge in [-0.2, -0.15) is 4.39 Å². The first-order valence-corrected chi connectivity index (χ1v) is 5.74. The van der Waals surface area contributed by atoms with Crippen LogP contribution in [-0.4, -0.2) is 10.9 Å². The van der Waals surface area contributed by atoms with Crippen LogP contribution >= 0.6 is 0 Å². The molecule has 1 heterocycles. The normalized spacial score (nSPS) is 11.9. The van der Waals surface area contributed by atoms with Gasteiger partial charge in [0.2, 0.25) is 5.95 Å². The van der Waals surface area contributed by atoms with E-state index < -0.39 is 11.9 Å². The van der Waals surface area contributed by atoms with Crippen LogP contribution in [0.3, 0.4) is 0 Å². The molecule has 1 N–H and O–H groups in total. The molecule has 98 valence electrons. The van der Waals surface area contributed by atoms with Gasteiger partial charge in [0.05, 0.1) is 6.04 Å². The number of halogens is 2. The first-order chi connectivity index (χ1) is 9.06. The van der Waals surface area contributed by atoms with E-state index in [0.29, 0.717) is 5.56 Å². The van der Waals surface area contributed by atoms with Crippen LogP contribution < -0.4 is 5.32 Å². The predicted octanol–water partition coefficient (Wildman–Crippen LogP) is 2.85. The van der Waals surface area contributed by atoms with Crippen molar-refractivity contribution in [2.75, 3.05) is 0 Å². The van der Waals surface area contributed by atoms with Crippen LogP contribution in [0, 0.1) is 11.8 Å². The van der Waals surface area contributed by atoms with E-state index in [-0.39, 0.29) is 17.4 Å². The van der Waals surface area contributed by atoms with E-state index in [9.17, 15) is 13.6 Å². The van der Waals surface area contributed by atoms with Crippen LogP contribution in [0.2, 0.25) is 0 Å². The molecule has 2 rings (SSSR count). The third-order valence-electron chi connectivity index (χ3n) is 2.69. The summed E-state index contributed by atoms with van der Waals surface area (Å²) in [6.45, 7) is 1.73. The third kappa shape index (κ3) is 3.34. The SMILES string of the molecule is CC(NC(=O)c1ccnc(F)c1)c1cccc(F)c1. The Labute approximate surface area is 109 Å². The zero-order valence-electron chi connectivity index (χ0n) is 10.2. The quantitative estimate of drug-likeness (QED) is 0.864. The molecular weight excluding hydrogens is 250 g/mol. The van der Waals surface area contributed by atoms with Crippen LogP contribution in [0.5, 0.6) is 0 Å². The van der Waals surface area contributed by atoms with E-state index >= 15 is 0 Å². The van der Waals surface area contributed by atoms with Crippen LogP contribution in [0.15, 0.2) is 42.6 Å². The highest BCUT2D eigenvalue weighted by Crippen LogP contribution is 2.14. The van der Waals surface area contributed by atoms with E-state index in [2.05, 4.69) is 10.3 Å². The maximum absolute atomic E-state index is 13.1. The maximum Gasteiger partial charge on any atom is 0.251 e. The molecule has 3 nitrogen and oxygen atoms in total. The van der Waals surface area contributed by atoms with Gasteiger partial charge in [0.25, 0.3) is 5.91 Å². The summed E-state index contributed by atoms with van der Waals surface area (Å²) in [6.07, 6.45) is 1.22. The molecule has 1 atom stereocenters. The molecule has 5 heteroatoms. The van der Waals surface area contributed by atoms with Crippen molar-refractivity contribution in [3.63, 3.8) is 0 Å². The number of pyridine rings is 1. The number of carbonyl (C=O) groups is 1. The molecular formula is C14H12F2N2O. The lowest BCUT2D eigenvalue weighted by Crippen LogP contribution is -2.26. The Bertz CT molecular complexity index is 602. The van der Waals surface area contributed by atoms with E-state index in [1.54, 1.807) is 19.1 Å². The van der Waals surface area contributed by atoms with E-state index in [4.69, 9.17) is 0 Å². The lowest BCUT2D eigenvalue weighted by atomic mass is 10.1. The number of rotatable bonds is 3. The Morgan fingerprint density at radius 2 is 2.05 bits per heavy atom. The summed E-state index contributed by atoms with van der Waals surface area (Å²) in [5, 5.41) is 2.67. The summed E-state index contributed by atoms with van der Waals surface area (Å²) in [4.78, 5) is 15.2. The van der Waals surface area contributed by atoms with Crippen molar-refractivity contribution in [3.8, 4) is 0 Å². The fourth-order valence-electron chi connectivity index (χ4n) is 1.68. The van der Waals surface area contributed by atoms with Crippen molar-refractivity contribution in [3.05, 3.63) is 65.5 Å². The molecule has 0 bridgehead atoms. The molecule has 0 aliphatic carbocycles. The summed E-state index contributed by atoms with van der Waals surface area (Å²) in [5.74, 6) is -1.52. The van der Waals surface area contributed by atoms with Gasteiger partial charge in [-0.15, -0.1) is 0 Å². The predicted molar refractivity (Wildman–Crippen MR) is 66.5 cm³/mol. The second-order valence-electron chi connectivity index (χ2n) is 4.12. The summed E-state index contributed by atoms with van der Waals surface area (Å²) in [6, 6.07) is 8.04. The molecule has 1 amide bonds. The van der Waals surface area contributed by atoms with Crippen molar-refractivity contribution in [1.82, 2.24) is 10.3 Å². The Hall–Kier alpha value is -2.30. The standard InChI is InChI=1S/C14H12F2N2O/c1-9(10-3-2-4-12(15)7-10)18-14(19)11-5-6-17-13(16)8-11/h2-9H,1H3,(H,18,19). The number of amides is 1. The lowest BCUT2D eigenvalue weighted by Gasteiger charge is -2.14. The minimum atomic E-state index is -0.717. The number of hydrogen-bond acceptors (Lipinski definition) is 2. The minimum absolute atomic E-state index is 0.177. The van der Waals surface area contributed by atoms with Gasteiger partial charge in [-0.1, -0.05) is 12.1 Å². The van der Waals surface area contributed by atoms with Crippen molar-refractivity contribution in [2.24, 2.45) is 0 Å². The molecule has 0 saturated heterocycles. The smallest absolute Gasteiger partial charge is 0.251 e. The zero-order chi connectivity index (χ0) is 13.8. The average Bonchev–Trinajstić information content (AvgIpc) is 2.38. The van der Waals surface area contributed by atoms with Gasteiger partial charge < -0.3 is 5.32 Å². The zero-order valence-corrected chi connectivity index (χ0v) is 10.2. The first kappa shape index (κ1) is 13.1. The van der Waals surface area contributed by atoms with E-state index in [0.717, 1.165) is 6.07 Å². The Kier molecular flexibility index (Phi) is 3.85. The number of carbonyl (C=O) groups excluding carboxylic acids is 1. The molecule has 19 heavy (non-hydrogen) atoms. The first-order valence-electron chi connectivity index (χ1n) is 5.74. The van der Waals surface area contributed by atoms with Crippen LogP contribution in [0.4, 0.5) is 8.78 Å². The Balaban J connectivity index is 2.11. The van der Waals surface area contributed by atoms with E-state index in [1.807, 2.05) is 0 Å². The van der Waals surface area contributed by atoms with Crippen molar-refractivity contribution in [1.29, 1.82) is 0 Å². The van der Waals surface area contributed by atoms with Gasteiger partial charge >= 0.3 is 0 Å². The second kappa shape index (κ2) is 5.56. The van der Waals surface area contributed by atoms with Gasteiger partial charge in [0.15, 0.2) is 0 Å². The van der Waals surface area contributed by atoms with Gasteiger partial charge in [0.1, 0.15) is 5.82 Å². The molecule has 0 radical (unpaired) electrons. The van der Waals surface area contributed by atoms with Crippen LogP contribution in [0.25, 0.3) is 0 Å². The minimum Gasteiger partial charge on any atom is -0.346 e. The van der Waals surface area contributed by atoms with Gasteiger partial charge in [-0.05, 0) is 30.7 Å². The number of aromatic nitrogens is 1. The highest BCUT2D eigenvalue weighted by molar-refractivity contribution is 5.94. The summed E-state index contributed by atoms with van der Waals surface area (Å²) < 4.78 is 26.0. The molecule has 0 fully saturated rings. The molecule has 0 spiro atoms. The van der Waals surface area contributed by atoms with Gasteiger partial charge in [-0.3, -0.25) is 4.79 Å². The largest absolute Gasteiger partial charge is 0.346 e. The fourth-order valence-corrected chi connectivity index (χ4v) is 1.68. The summed E-state index contributed by atoms with van der Waals surface area (Å²) in [7, 11) is 0. The van der Waals surface area contributed by atoms with E-state index in [1.165, 1.54) is 24.4 Å². The number of hydrogen-bond donors (Lipinski definition) is 1. The second-order valence-corrected chi connectivity index (χ2v) is 4.12. The Morgan fingerprint density at radius 1 is 1.26 bits per heavy atom. The number of benzene rings is 1. The van der Waals surface area contributed by atoms with Gasteiger partial charge in [-0.25, -0.2) is 9.37 Å². The molecule has 0 aliphatic heterocycles. The topological polar surface area (TPSA) is 42.0 Å². The Morgan fingerprint density at radius 3 is 2.74 bits per heavy atom. The van der Waals surface area contributed by atoms with Gasteiger partial charge in [0, 0.05) is 17.8 Å². The molecule has 1 unspecified atom stereocenters. The number of nitrogens with one attached hydrogen (secondary N) is 1. The molecule has 2 aromatic rings. The van der Waals surface area contributed by atoms with Crippen molar-refractivity contribution >= 4 is 5.91 Å². The van der Waals surface area contributed by atoms with Crippen molar-refractivity contribution in [2.45, 2.75) is 13.0 Å². The van der Waals surface area contributed by atoms with Crippen molar-refractivity contribution < 1.29 is 13.6 Å². The average molecular weight is 262 g/mol. The molecule has 1 aromatic heterocycles. The van der Waals surface area contributed by atoms with Crippen LogP contribution in [0.1, 0.15) is 28.9 Å². The molecule has 0 aliphatic rings. The molecule has 1 aromatic carbocycles. The fraction of sp³-hybridized carbons (Fsp3) is 0.143. The highest BCUT2D eigenvalue weighted by Gasteiger charge is 2.12. The van der Waals surface area contributed by atoms with Crippen LogP contribution in [-0.2, 0) is 0 Å². The lowest BCUT2D eigenvalue weighted by molar-refractivity contribution is 0.0939. The maximum atomic E-state index is 13.1.